The fourth-order valence-corrected chi connectivity index (χ4v) is 2.61. The summed E-state index contributed by atoms with van der Waals surface area (Å²) in [7, 11) is 0. The SMILES string of the molecule is CC(NCC1CCOC1C)c1ccccc1C(F)(F)F. The van der Waals surface area contributed by atoms with Gasteiger partial charge in [0.15, 0.2) is 0 Å². The van der Waals surface area contributed by atoms with Crippen LogP contribution in [0.1, 0.15) is 37.4 Å². The molecule has 1 fully saturated rings. The molecule has 0 saturated carbocycles. The van der Waals surface area contributed by atoms with Gasteiger partial charge in [-0.15, -0.1) is 0 Å². The van der Waals surface area contributed by atoms with E-state index in [1.165, 1.54) is 12.1 Å². The van der Waals surface area contributed by atoms with Crippen molar-refractivity contribution in [2.24, 2.45) is 5.92 Å². The number of benzene rings is 1. The van der Waals surface area contributed by atoms with Gasteiger partial charge in [0.1, 0.15) is 0 Å². The van der Waals surface area contributed by atoms with Crippen molar-refractivity contribution in [3.8, 4) is 0 Å². The zero-order valence-corrected chi connectivity index (χ0v) is 11.7. The zero-order chi connectivity index (χ0) is 14.8. The molecule has 0 aliphatic carbocycles. The fourth-order valence-electron chi connectivity index (χ4n) is 2.61. The molecule has 20 heavy (non-hydrogen) atoms. The van der Waals surface area contributed by atoms with Gasteiger partial charge in [-0.2, -0.15) is 13.2 Å². The van der Waals surface area contributed by atoms with E-state index in [2.05, 4.69) is 5.32 Å². The first-order valence-electron chi connectivity index (χ1n) is 6.90. The lowest BCUT2D eigenvalue weighted by Crippen LogP contribution is -2.30. The van der Waals surface area contributed by atoms with Crippen molar-refractivity contribution in [2.75, 3.05) is 13.2 Å². The maximum absolute atomic E-state index is 13.0. The molecule has 2 rings (SSSR count). The molecule has 1 saturated heterocycles. The number of rotatable bonds is 4. The highest BCUT2D eigenvalue weighted by Gasteiger charge is 2.34. The molecule has 0 radical (unpaired) electrons. The number of halogens is 3. The van der Waals surface area contributed by atoms with E-state index in [0.717, 1.165) is 19.1 Å². The van der Waals surface area contributed by atoms with Crippen molar-refractivity contribution in [1.82, 2.24) is 5.32 Å². The van der Waals surface area contributed by atoms with Crippen molar-refractivity contribution in [3.05, 3.63) is 35.4 Å². The van der Waals surface area contributed by atoms with E-state index in [1.807, 2.05) is 6.92 Å². The molecule has 1 heterocycles. The molecule has 1 aromatic rings. The van der Waals surface area contributed by atoms with Gasteiger partial charge in [-0.05, 0) is 37.8 Å². The summed E-state index contributed by atoms with van der Waals surface area (Å²) in [6.45, 7) is 5.19. The lowest BCUT2D eigenvalue weighted by atomic mass is 9.98. The van der Waals surface area contributed by atoms with Crippen LogP contribution in [0.5, 0.6) is 0 Å². The third-order valence-corrected chi connectivity index (χ3v) is 3.95. The quantitative estimate of drug-likeness (QED) is 0.910. The fraction of sp³-hybridized carbons (Fsp3) is 0.600. The Balaban J connectivity index is 2.04. The molecule has 3 unspecified atom stereocenters. The average Bonchev–Trinajstić information content (AvgIpc) is 2.80. The molecule has 1 aromatic carbocycles. The van der Waals surface area contributed by atoms with Gasteiger partial charge < -0.3 is 10.1 Å². The van der Waals surface area contributed by atoms with Gasteiger partial charge >= 0.3 is 6.18 Å². The summed E-state index contributed by atoms with van der Waals surface area (Å²) in [6.07, 6.45) is -3.18. The Bertz CT molecular complexity index is 447. The van der Waals surface area contributed by atoms with Gasteiger partial charge in [0.05, 0.1) is 11.7 Å². The van der Waals surface area contributed by atoms with Crippen LogP contribution in [0, 0.1) is 5.92 Å². The Morgan fingerprint density at radius 2 is 2.05 bits per heavy atom. The largest absolute Gasteiger partial charge is 0.416 e. The molecule has 112 valence electrons. The van der Waals surface area contributed by atoms with Crippen molar-refractivity contribution in [3.63, 3.8) is 0 Å². The van der Waals surface area contributed by atoms with Crippen molar-refractivity contribution >= 4 is 0 Å². The Hall–Kier alpha value is -1.07. The van der Waals surface area contributed by atoms with Gasteiger partial charge in [-0.1, -0.05) is 18.2 Å². The second kappa shape index (κ2) is 6.14. The minimum atomic E-state index is -4.31. The third-order valence-electron chi connectivity index (χ3n) is 3.95. The first kappa shape index (κ1) is 15.3. The number of hydrogen-bond acceptors (Lipinski definition) is 2. The molecule has 2 nitrogen and oxygen atoms in total. The molecule has 1 N–H and O–H groups in total. The van der Waals surface area contributed by atoms with Crippen LogP contribution in [0.2, 0.25) is 0 Å². The Morgan fingerprint density at radius 1 is 1.35 bits per heavy atom. The van der Waals surface area contributed by atoms with E-state index in [4.69, 9.17) is 4.74 Å². The molecule has 5 heteroatoms. The molecular weight excluding hydrogens is 267 g/mol. The minimum absolute atomic E-state index is 0.174. The molecule has 3 atom stereocenters. The molecule has 0 spiro atoms. The van der Waals surface area contributed by atoms with Crippen LogP contribution >= 0.6 is 0 Å². The van der Waals surface area contributed by atoms with Gasteiger partial charge in [-0.25, -0.2) is 0 Å². The lowest BCUT2D eigenvalue weighted by molar-refractivity contribution is -0.138. The Labute approximate surface area is 117 Å². The lowest BCUT2D eigenvalue weighted by Gasteiger charge is -2.22. The normalized spacial score (nSPS) is 24.9. The summed E-state index contributed by atoms with van der Waals surface area (Å²) in [4.78, 5) is 0. The number of nitrogens with one attached hydrogen (secondary N) is 1. The van der Waals surface area contributed by atoms with Crippen LogP contribution in [-0.2, 0) is 10.9 Å². The molecule has 0 aromatic heterocycles. The summed E-state index contributed by atoms with van der Waals surface area (Å²) >= 11 is 0. The van der Waals surface area contributed by atoms with Gasteiger partial charge in [-0.3, -0.25) is 0 Å². The van der Waals surface area contributed by atoms with Crippen LogP contribution in [0.4, 0.5) is 13.2 Å². The van der Waals surface area contributed by atoms with Crippen molar-refractivity contribution in [2.45, 2.75) is 38.6 Å². The van der Waals surface area contributed by atoms with Crippen LogP contribution in [0.15, 0.2) is 24.3 Å². The maximum atomic E-state index is 13.0. The molecular formula is C15H20F3NO. The molecule has 1 aliphatic heterocycles. The van der Waals surface area contributed by atoms with Gasteiger partial charge in [0.25, 0.3) is 0 Å². The molecule has 0 bridgehead atoms. The van der Waals surface area contributed by atoms with Crippen LogP contribution in [0.3, 0.4) is 0 Å². The van der Waals surface area contributed by atoms with E-state index < -0.39 is 11.7 Å². The van der Waals surface area contributed by atoms with E-state index in [-0.39, 0.29) is 12.1 Å². The van der Waals surface area contributed by atoms with E-state index in [0.29, 0.717) is 18.0 Å². The number of hydrogen-bond donors (Lipinski definition) is 1. The Morgan fingerprint density at radius 3 is 2.65 bits per heavy atom. The highest BCUT2D eigenvalue weighted by Crippen LogP contribution is 2.34. The van der Waals surface area contributed by atoms with Crippen LogP contribution < -0.4 is 5.32 Å². The maximum Gasteiger partial charge on any atom is 0.416 e. The standard InChI is InChI=1S/C15H20F3NO/c1-10(19-9-12-7-8-20-11(12)2)13-5-3-4-6-14(13)15(16,17)18/h3-6,10-12,19H,7-9H2,1-2H3. The first-order chi connectivity index (χ1) is 9.39. The Kier molecular flexibility index (Phi) is 4.70. The zero-order valence-electron chi connectivity index (χ0n) is 11.7. The average molecular weight is 287 g/mol. The summed E-state index contributed by atoms with van der Waals surface area (Å²) in [5.74, 6) is 0.371. The third kappa shape index (κ3) is 3.52. The van der Waals surface area contributed by atoms with Crippen molar-refractivity contribution < 1.29 is 17.9 Å². The number of alkyl halides is 3. The second-order valence-corrected chi connectivity index (χ2v) is 5.34. The topological polar surface area (TPSA) is 21.3 Å². The molecule has 0 amide bonds. The van der Waals surface area contributed by atoms with E-state index >= 15 is 0 Å². The smallest absolute Gasteiger partial charge is 0.378 e. The van der Waals surface area contributed by atoms with Crippen LogP contribution in [-0.4, -0.2) is 19.3 Å². The summed E-state index contributed by atoms with van der Waals surface area (Å²) in [5.41, 5.74) is -0.262. The highest BCUT2D eigenvalue weighted by molar-refractivity contribution is 5.32. The summed E-state index contributed by atoms with van der Waals surface area (Å²) in [6, 6.07) is 5.40. The predicted octanol–water partition coefficient (Wildman–Crippen LogP) is 3.78. The number of ether oxygens (including phenoxy) is 1. The monoisotopic (exact) mass is 287 g/mol. The second-order valence-electron chi connectivity index (χ2n) is 5.34. The van der Waals surface area contributed by atoms with Crippen LogP contribution in [0.25, 0.3) is 0 Å². The van der Waals surface area contributed by atoms with Gasteiger partial charge in [0, 0.05) is 19.2 Å². The van der Waals surface area contributed by atoms with E-state index in [1.54, 1.807) is 13.0 Å². The summed E-state index contributed by atoms with van der Waals surface area (Å²) < 4.78 is 44.4. The van der Waals surface area contributed by atoms with Gasteiger partial charge in [0.2, 0.25) is 0 Å². The predicted molar refractivity (Wildman–Crippen MR) is 71.4 cm³/mol. The van der Waals surface area contributed by atoms with Crippen molar-refractivity contribution in [1.29, 1.82) is 0 Å². The molecule has 1 aliphatic rings. The van der Waals surface area contributed by atoms with E-state index in [9.17, 15) is 13.2 Å². The highest BCUT2D eigenvalue weighted by atomic mass is 19.4. The summed E-state index contributed by atoms with van der Waals surface area (Å²) in [5, 5.41) is 3.20. The first-order valence-corrected chi connectivity index (χ1v) is 6.90. The minimum Gasteiger partial charge on any atom is -0.378 e.